The number of carbonyl (C=O) groups is 1. The number of rotatable bonds is 20. The minimum atomic E-state index is 0. The predicted octanol–water partition coefficient (Wildman–Crippen LogP) is 7.06. The van der Waals surface area contributed by atoms with Gasteiger partial charge in [-0.1, -0.05) is 134 Å². The van der Waals surface area contributed by atoms with E-state index in [0.29, 0.717) is 6.54 Å². The molecule has 0 atom stereocenters. The first-order chi connectivity index (χ1) is 20.8. The van der Waals surface area contributed by atoms with E-state index >= 15 is 0 Å². The maximum atomic E-state index is 12.6. The molecule has 0 saturated heterocycles. The van der Waals surface area contributed by atoms with Gasteiger partial charge >= 0.3 is 0 Å². The van der Waals surface area contributed by atoms with Gasteiger partial charge in [-0.15, -0.1) is 0 Å². The molecule has 0 unspecified atom stereocenters. The van der Waals surface area contributed by atoms with E-state index in [9.17, 15) is 4.79 Å². The van der Waals surface area contributed by atoms with Crippen molar-refractivity contribution in [2.45, 2.75) is 130 Å². The number of anilines is 1. The lowest BCUT2D eigenvalue weighted by Gasteiger charge is -2.25. The first-order valence-corrected chi connectivity index (χ1v) is 17.8. The third-order valence-electron chi connectivity index (χ3n) is 8.25. The number of hydrogen-bond acceptors (Lipinski definition) is 3. The minimum Gasteiger partial charge on any atom is -1.00 e. The molecular formula is C38H57BrN2O2S. The van der Waals surface area contributed by atoms with Crippen LogP contribution in [0.5, 0.6) is 5.75 Å². The molecule has 0 bridgehead atoms. The summed E-state index contributed by atoms with van der Waals surface area (Å²) < 4.78 is 8.58. The van der Waals surface area contributed by atoms with Crippen molar-refractivity contribution in [1.29, 1.82) is 0 Å². The van der Waals surface area contributed by atoms with Crippen molar-refractivity contribution in [2.24, 2.45) is 0 Å². The molecule has 0 aliphatic heterocycles. The molecular weight excluding hydrogens is 628 g/mol. The van der Waals surface area contributed by atoms with Gasteiger partial charge in [-0.3, -0.25) is 4.79 Å². The van der Waals surface area contributed by atoms with Gasteiger partial charge in [0.25, 0.3) is 0 Å². The van der Waals surface area contributed by atoms with E-state index < -0.39 is 0 Å². The fourth-order valence-corrected chi connectivity index (χ4v) is 6.24. The first-order valence-electron chi connectivity index (χ1n) is 16.8. The van der Waals surface area contributed by atoms with Crippen LogP contribution in [-0.2, 0) is 23.2 Å². The van der Waals surface area contributed by atoms with E-state index in [1.807, 2.05) is 4.90 Å². The van der Waals surface area contributed by atoms with Gasteiger partial charge in [-0.2, -0.15) is 4.57 Å². The zero-order chi connectivity index (χ0) is 30.9. The van der Waals surface area contributed by atoms with Crippen LogP contribution in [0.4, 0.5) is 5.69 Å². The molecule has 0 spiro atoms. The minimum absolute atomic E-state index is 0. The molecule has 0 aliphatic rings. The normalized spacial score (nSPS) is 11.3. The van der Waals surface area contributed by atoms with Crippen LogP contribution in [0.1, 0.15) is 128 Å². The average molecular weight is 686 g/mol. The second kappa shape index (κ2) is 20.8. The summed E-state index contributed by atoms with van der Waals surface area (Å²) in [5.41, 5.74) is 6.74. The molecule has 3 rings (SSSR count). The summed E-state index contributed by atoms with van der Waals surface area (Å²) in [6.07, 6.45) is 19.0. The Morgan fingerprint density at radius 3 is 1.98 bits per heavy atom. The third kappa shape index (κ3) is 13.9. The quantitative estimate of drug-likeness (QED) is 0.0943. The van der Waals surface area contributed by atoms with Crippen LogP contribution >= 0.6 is 11.3 Å². The second-order valence-corrected chi connectivity index (χ2v) is 13.9. The molecule has 44 heavy (non-hydrogen) atoms. The highest BCUT2D eigenvalue weighted by molar-refractivity contribution is 7.07. The van der Waals surface area contributed by atoms with Crippen LogP contribution in [0, 0.1) is 0 Å². The van der Waals surface area contributed by atoms with Gasteiger partial charge in [0, 0.05) is 24.7 Å². The summed E-state index contributed by atoms with van der Waals surface area (Å²) in [6, 6.07) is 15.0. The monoisotopic (exact) mass is 684 g/mol. The summed E-state index contributed by atoms with van der Waals surface area (Å²) in [6.45, 7) is 12.9. The van der Waals surface area contributed by atoms with Gasteiger partial charge in [0.05, 0.1) is 12.0 Å². The lowest BCUT2D eigenvalue weighted by atomic mass is 9.85. The standard InChI is InChI=1S/C38H57N2O2S.BrH/c1-6-7-8-9-10-11-12-13-14-15-16-17-27-42-37-29-33(20-23-36(37)38(3,4)5)24-25-40(32(2)41)35-21-18-34(19-22-35)30-39-26-28-43-31-39;/h18-23,26,28-29,31H,6-17,24-25,27,30H2,1-5H3;1H/q+1;/p-1. The molecule has 1 aromatic heterocycles. The Morgan fingerprint density at radius 1 is 0.841 bits per heavy atom. The SMILES string of the molecule is CCCCCCCCCCCCCCOc1cc(CCN(C(C)=O)c2ccc(C[n+]3ccsc3)cc2)ccc1C(C)(C)C.[Br-]. The number of aromatic nitrogens is 1. The molecule has 6 heteroatoms. The fourth-order valence-electron chi connectivity index (χ4n) is 5.64. The lowest BCUT2D eigenvalue weighted by Crippen LogP contribution is -3.00. The Balaban J connectivity index is 0.00000675. The van der Waals surface area contributed by atoms with Gasteiger partial charge < -0.3 is 26.6 Å². The van der Waals surface area contributed by atoms with Crippen molar-refractivity contribution in [2.75, 3.05) is 18.1 Å². The van der Waals surface area contributed by atoms with Gasteiger partial charge in [0.2, 0.25) is 11.4 Å². The van der Waals surface area contributed by atoms with Crippen LogP contribution in [0.15, 0.2) is 59.6 Å². The number of nitrogens with zero attached hydrogens (tertiary/aromatic N) is 2. The molecule has 0 fully saturated rings. The lowest BCUT2D eigenvalue weighted by molar-refractivity contribution is -0.683. The van der Waals surface area contributed by atoms with E-state index in [1.165, 1.54) is 87.3 Å². The Morgan fingerprint density at radius 2 is 1.43 bits per heavy atom. The fraction of sp³-hybridized carbons (Fsp3) is 0.579. The van der Waals surface area contributed by atoms with E-state index in [0.717, 1.165) is 37.4 Å². The average Bonchev–Trinajstić information content (AvgIpc) is 3.49. The van der Waals surface area contributed by atoms with Crippen molar-refractivity contribution >= 4 is 22.9 Å². The van der Waals surface area contributed by atoms with Crippen LogP contribution < -0.4 is 31.2 Å². The van der Waals surface area contributed by atoms with E-state index in [4.69, 9.17) is 4.74 Å². The summed E-state index contributed by atoms with van der Waals surface area (Å²) in [5, 5.41) is 2.08. The Kier molecular flexibility index (Phi) is 17.9. The highest BCUT2D eigenvalue weighted by Crippen LogP contribution is 2.33. The van der Waals surface area contributed by atoms with Crippen LogP contribution in [0.2, 0.25) is 0 Å². The number of carbonyl (C=O) groups excluding carboxylic acids is 1. The summed E-state index contributed by atoms with van der Waals surface area (Å²) in [4.78, 5) is 14.5. The third-order valence-corrected chi connectivity index (χ3v) is 8.93. The Bertz CT molecular complexity index is 1190. The van der Waals surface area contributed by atoms with Crippen molar-refractivity contribution in [3.8, 4) is 5.75 Å². The maximum Gasteiger partial charge on any atom is 0.224 e. The summed E-state index contributed by atoms with van der Waals surface area (Å²) in [5.74, 6) is 1.06. The Labute approximate surface area is 283 Å². The van der Waals surface area contributed by atoms with E-state index in [-0.39, 0.29) is 28.3 Å². The Hall–Kier alpha value is -2.18. The summed E-state index contributed by atoms with van der Waals surface area (Å²) in [7, 11) is 0. The first kappa shape index (κ1) is 38.0. The number of ether oxygens (including phenoxy) is 1. The zero-order valence-electron chi connectivity index (χ0n) is 28.1. The molecule has 1 amide bonds. The number of thiazole rings is 1. The summed E-state index contributed by atoms with van der Waals surface area (Å²) >= 11 is 1.69. The molecule has 0 radical (unpaired) electrons. The number of amides is 1. The maximum absolute atomic E-state index is 12.6. The molecule has 244 valence electrons. The van der Waals surface area contributed by atoms with Crippen LogP contribution in [0.3, 0.4) is 0 Å². The zero-order valence-corrected chi connectivity index (χ0v) is 30.5. The molecule has 4 nitrogen and oxygen atoms in total. The highest BCUT2D eigenvalue weighted by Gasteiger charge is 2.20. The van der Waals surface area contributed by atoms with Crippen molar-refractivity contribution < 1.29 is 31.1 Å². The number of hydrogen-bond donors (Lipinski definition) is 0. The number of unbranched alkanes of at least 4 members (excludes halogenated alkanes) is 11. The molecule has 1 heterocycles. The topological polar surface area (TPSA) is 33.4 Å². The molecule has 0 aliphatic carbocycles. The van der Waals surface area contributed by atoms with Crippen LogP contribution in [-0.4, -0.2) is 19.1 Å². The number of benzene rings is 2. The molecule has 0 saturated carbocycles. The van der Waals surface area contributed by atoms with Crippen molar-refractivity contribution in [3.05, 3.63) is 76.2 Å². The molecule has 3 aromatic rings. The van der Waals surface area contributed by atoms with E-state index in [1.54, 1.807) is 18.3 Å². The van der Waals surface area contributed by atoms with Crippen molar-refractivity contribution in [1.82, 2.24) is 0 Å². The van der Waals surface area contributed by atoms with Crippen LogP contribution in [0.25, 0.3) is 0 Å². The highest BCUT2D eigenvalue weighted by atomic mass is 79.9. The largest absolute Gasteiger partial charge is 1.00 e. The van der Waals surface area contributed by atoms with Crippen molar-refractivity contribution in [3.63, 3.8) is 0 Å². The molecule has 0 N–H and O–H groups in total. The van der Waals surface area contributed by atoms with Gasteiger partial charge in [0.1, 0.15) is 5.75 Å². The predicted molar refractivity (Wildman–Crippen MR) is 184 cm³/mol. The van der Waals surface area contributed by atoms with Gasteiger partial charge in [0.15, 0.2) is 12.7 Å². The molecule has 2 aromatic carbocycles. The smallest absolute Gasteiger partial charge is 0.224 e. The van der Waals surface area contributed by atoms with E-state index in [2.05, 4.69) is 91.8 Å². The number of halogens is 1. The van der Waals surface area contributed by atoms with Gasteiger partial charge in [-0.05, 0) is 47.6 Å². The van der Waals surface area contributed by atoms with Gasteiger partial charge in [-0.25, -0.2) is 0 Å². The second-order valence-electron chi connectivity index (χ2n) is 13.1.